The van der Waals surface area contributed by atoms with Crippen LogP contribution in [0.25, 0.3) is 21.7 Å². The SMILES string of the molecule is O=S(=O)(c1cccc2cccnc12)C1CCN(CCc2ccc3ccccc3c2)CC1. The second-order valence-electron chi connectivity index (χ2n) is 8.35. The topological polar surface area (TPSA) is 50.3 Å². The van der Waals surface area contributed by atoms with Gasteiger partial charge in [-0.2, -0.15) is 0 Å². The summed E-state index contributed by atoms with van der Waals surface area (Å²) < 4.78 is 26.7. The van der Waals surface area contributed by atoms with Gasteiger partial charge >= 0.3 is 0 Å². The Hall–Kier alpha value is -2.76. The lowest BCUT2D eigenvalue weighted by Gasteiger charge is -2.31. The van der Waals surface area contributed by atoms with Gasteiger partial charge in [-0.25, -0.2) is 8.42 Å². The van der Waals surface area contributed by atoms with Crippen LogP contribution in [-0.4, -0.2) is 43.2 Å². The van der Waals surface area contributed by atoms with Crippen molar-refractivity contribution in [3.63, 3.8) is 0 Å². The lowest BCUT2D eigenvalue weighted by Crippen LogP contribution is -2.40. The molecule has 0 aliphatic carbocycles. The normalized spacial score (nSPS) is 16.1. The summed E-state index contributed by atoms with van der Waals surface area (Å²) >= 11 is 0. The highest BCUT2D eigenvalue weighted by atomic mass is 32.2. The molecule has 0 amide bonds. The van der Waals surface area contributed by atoms with Crippen molar-refractivity contribution in [2.24, 2.45) is 0 Å². The summed E-state index contributed by atoms with van der Waals surface area (Å²) in [5.41, 5.74) is 1.92. The predicted molar refractivity (Wildman–Crippen MR) is 126 cm³/mol. The summed E-state index contributed by atoms with van der Waals surface area (Å²) in [4.78, 5) is 7.12. The average molecular weight is 431 g/mol. The number of rotatable bonds is 5. The minimum Gasteiger partial charge on any atom is -0.303 e. The number of pyridine rings is 1. The van der Waals surface area contributed by atoms with Gasteiger partial charge in [0, 0.05) is 18.1 Å². The molecule has 0 radical (unpaired) electrons. The fraction of sp³-hybridized carbons (Fsp3) is 0.269. The Kier molecular flexibility index (Phi) is 5.47. The van der Waals surface area contributed by atoms with Crippen molar-refractivity contribution in [3.05, 3.63) is 84.6 Å². The molecule has 3 aromatic carbocycles. The van der Waals surface area contributed by atoms with Crippen molar-refractivity contribution in [1.82, 2.24) is 9.88 Å². The van der Waals surface area contributed by atoms with E-state index in [2.05, 4.69) is 52.3 Å². The van der Waals surface area contributed by atoms with E-state index in [1.54, 1.807) is 12.3 Å². The summed E-state index contributed by atoms with van der Waals surface area (Å²) in [5.74, 6) is 0. The van der Waals surface area contributed by atoms with Crippen molar-refractivity contribution in [2.45, 2.75) is 29.4 Å². The van der Waals surface area contributed by atoms with Crippen LogP contribution in [0.2, 0.25) is 0 Å². The number of benzene rings is 3. The van der Waals surface area contributed by atoms with Gasteiger partial charge in [-0.1, -0.05) is 60.7 Å². The quantitative estimate of drug-likeness (QED) is 0.453. The fourth-order valence-corrected chi connectivity index (χ4v) is 6.51. The van der Waals surface area contributed by atoms with Crippen molar-refractivity contribution < 1.29 is 8.42 Å². The summed E-state index contributed by atoms with van der Waals surface area (Å²) in [6.45, 7) is 2.59. The van der Waals surface area contributed by atoms with E-state index < -0.39 is 9.84 Å². The minimum absolute atomic E-state index is 0.336. The van der Waals surface area contributed by atoms with Gasteiger partial charge in [-0.05, 0) is 60.8 Å². The number of hydrogen-bond acceptors (Lipinski definition) is 4. The molecule has 4 nitrogen and oxygen atoms in total. The maximum atomic E-state index is 13.4. The molecule has 0 atom stereocenters. The molecule has 0 saturated carbocycles. The molecule has 2 heterocycles. The van der Waals surface area contributed by atoms with E-state index in [0.717, 1.165) is 31.4 Å². The lowest BCUT2D eigenvalue weighted by molar-refractivity contribution is 0.232. The number of fused-ring (bicyclic) bond motifs is 2. The molecule has 0 N–H and O–H groups in total. The van der Waals surface area contributed by atoms with E-state index >= 15 is 0 Å². The molecule has 158 valence electrons. The Morgan fingerprint density at radius 1 is 0.839 bits per heavy atom. The van der Waals surface area contributed by atoms with Gasteiger partial charge in [0.15, 0.2) is 9.84 Å². The van der Waals surface area contributed by atoms with E-state index in [4.69, 9.17) is 0 Å². The first-order valence-electron chi connectivity index (χ1n) is 10.9. The van der Waals surface area contributed by atoms with Gasteiger partial charge in [-0.3, -0.25) is 4.98 Å². The number of sulfone groups is 1. The van der Waals surface area contributed by atoms with Crippen LogP contribution in [-0.2, 0) is 16.3 Å². The number of piperidine rings is 1. The highest BCUT2D eigenvalue weighted by Crippen LogP contribution is 2.29. The number of likely N-dealkylation sites (tertiary alicyclic amines) is 1. The van der Waals surface area contributed by atoms with Crippen molar-refractivity contribution in [1.29, 1.82) is 0 Å². The Morgan fingerprint density at radius 2 is 1.58 bits per heavy atom. The standard InChI is InChI=1S/C26H26N2O2S/c29-31(30,25-9-3-7-22-8-4-15-27-26(22)25)24-13-17-28(18-14-24)16-12-20-10-11-21-5-1-2-6-23(21)19-20/h1-11,15,19,24H,12-14,16-18H2. The third-order valence-corrected chi connectivity index (χ3v) is 8.70. The number of hydrogen-bond donors (Lipinski definition) is 0. The third-order valence-electron chi connectivity index (χ3n) is 6.41. The van der Waals surface area contributed by atoms with E-state index in [1.807, 2.05) is 24.3 Å². The van der Waals surface area contributed by atoms with Gasteiger partial charge in [0.2, 0.25) is 0 Å². The zero-order valence-electron chi connectivity index (χ0n) is 17.4. The Bertz CT molecular complexity index is 1320. The fourth-order valence-electron chi connectivity index (χ4n) is 4.61. The van der Waals surface area contributed by atoms with E-state index in [0.29, 0.717) is 23.3 Å². The van der Waals surface area contributed by atoms with Crippen LogP contribution in [0.5, 0.6) is 0 Å². The van der Waals surface area contributed by atoms with Gasteiger partial charge in [0.1, 0.15) is 0 Å². The first-order chi connectivity index (χ1) is 15.1. The zero-order valence-corrected chi connectivity index (χ0v) is 18.3. The number of aromatic nitrogens is 1. The molecule has 1 aliphatic heterocycles. The maximum absolute atomic E-state index is 13.4. The van der Waals surface area contributed by atoms with Crippen LogP contribution in [0, 0.1) is 0 Å². The van der Waals surface area contributed by atoms with Crippen LogP contribution < -0.4 is 0 Å². The molecule has 1 aliphatic rings. The molecular formula is C26H26N2O2S. The highest BCUT2D eigenvalue weighted by molar-refractivity contribution is 7.92. The molecule has 0 spiro atoms. The third kappa shape index (κ3) is 4.08. The van der Waals surface area contributed by atoms with Crippen LogP contribution in [0.15, 0.2) is 83.9 Å². The summed E-state index contributed by atoms with van der Waals surface area (Å²) in [7, 11) is -3.39. The Morgan fingerprint density at radius 3 is 2.42 bits per heavy atom. The molecule has 0 unspecified atom stereocenters. The van der Waals surface area contributed by atoms with Crippen LogP contribution in [0.4, 0.5) is 0 Å². The zero-order chi connectivity index (χ0) is 21.3. The smallest absolute Gasteiger partial charge is 0.183 e. The first-order valence-corrected chi connectivity index (χ1v) is 12.4. The van der Waals surface area contributed by atoms with Gasteiger partial charge in [-0.15, -0.1) is 0 Å². The Balaban J connectivity index is 1.24. The first kappa shape index (κ1) is 20.2. The molecule has 4 aromatic rings. The van der Waals surface area contributed by atoms with Gasteiger partial charge < -0.3 is 4.90 Å². The minimum atomic E-state index is -3.39. The van der Waals surface area contributed by atoms with Gasteiger partial charge in [0.05, 0.1) is 15.7 Å². The van der Waals surface area contributed by atoms with Crippen LogP contribution in [0.1, 0.15) is 18.4 Å². The average Bonchev–Trinajstić information content (AvgIpc) is 2.82. The summed E-state index contributed by atoms with van der Waals surface area (Å²) in [6.07, 6.45) is 3.98. The lowest BCUT2D eigenvalue weighted by atomic mass is 10.0. The van der Waals surface area contributed by atoms with Crippen molar-refractivity contribution >= 4 is 31.5 Å². The maximum Gasteiger partial charge on any atom is 0.183 e. The number of nitrogens with zero attached hydrogens (tertiary/aromatic N) is 2. The summed E-state index contributed by atoms with van der Waals surface area (Å²) in [6, 6.07) is 24.3. The molecule has 5 heteroatoms. The predicted octanol–water partition coefficient (Wildman–Crippen LogP) is 4.87. The molecular weight excluding hydrogens is 404 g/mol. The Labute approximate surface area is 183 Å². The molecule has 1 saturated heterocycles. The van der Waals surface area contributed by atoms with Crippen molar-refractivity contribution in [3.8, 4) is 0 Å². The van der Waals surface area contributed by atoms with E-state index in [1.165, 1.54) is 16.3 Å². The van der Waals surface area contributed by atoms with Crippen LogP contribution >= 0.6 is 0 Å². The molecule has 1 aromatic heterocycles. The number of para-hydroxylation sites is 1. The largest absolute Gasteiger partial charge is 0.303 e. The second-order valence-corrected chi connectivity index (χ2v) is 10.5. The molecule has 31 heavy (non-hydrogen) atoms. The van der Waals surface area contributed by atoms with Crippen molar-refractivity contribution in [2.75, 3.05) is 19.6 Å². The highest BCUT2D eigenvalue weighted by Gasteiger charge is 2.32. The molecule has 0 bridgehead atoms. The molecule has 5 rings (SSSR count). The van der Waals surface area contributed by atoms with Gasteiger partial charge in [0.25, 0.3) is 0 Å². The summed E-state index contributed by atoms with van der Waals surface area (Å²) in [5, 5.41) is 3.07. The molecule has 1 fully saturated rings. The van der Waals surface area contributed by atoms with E-state index in [-0.39, 0.29) is 5.25 Å². The van der Waals surface area contributed by atoms with E-state index in [9.17, 15) is 8.42 Å². The van der Waals surface area contributed by atoms with Crippen LogP contribution in [0.3, 0.4) is 0 Å². The monoisotopic (exact) mass is 430 g/mol. The second kappa shape index (κ2) is 8.40.